The number of hydrogen-bond donors (Lipinski definition) is 2. The third-order valence-corrected chi connectivity index (χ3v) is 2.64. The molecule has 2 rings (SSSR count). The predicted octanol–water partition coefficient (Wildman–Crippen LogP) is 1.85. The van der Waals surface area contributed by atoms with Crippen molar-refractivity contribution < 1.29 is 5.11 Å². The van der Waals surface area contributed by atoms with Gasteiger partial charge in [0.1, 0.15) is 5.56 Å². The van der Waals surface area contributed by atoms with Gasteiger partial charge < -0.3 is 5.11 Å². The Morgan fingerprint density at radius 2 is 2.20 bits per heavy atom. The van der Waals surface area contributed by atoms with Crippen molar-refractivity contribution in [3.63, 3.8) is 0 Å². The highest BCUT2D eigenvalue weighted by Gasteiger charge is 2.13. The molecule has 78 valence electrons. The molecule has 1 aromatic heterocycles. The van der Waals surface area contributed by atoms with Gasteiger partial charge in [0.15, 0.2) is 0 Å². The lowest BCUT2D eigenvalue weighted by Gasteiger charge is -1.99. The molecular formula is C10H9BrN2O2. The van der Waals surface area contributed by atoms with E-state index >= 15 is 0 Å². The van der Waals surface area contributed by atoms with Crippen LogP contribution < -0.4 is 5.56 Å². The van der Waals surface area contributed by atoms with E-state index in [0.717, 1.165) is 4.47 Å². The predicted molar refractivity (Wildman–Crippen MR) is 60.8 cm³/mol. The summed E-state index contributed by atoms with van der Waals surface area (Å²) in [5.74, 6) is -0.0573. The summed E-state index contributed by atoms with van der Waals surface area (Å²) in [5.41, 5.74) is 0.677. The molecule has 0 radical (unpaired) electrons. The van der Waals surface area contributed by atoms with E-state index in [2.05, 4.69) is 21.0 Å². The van der Waals surface area contributed by atoms with Crippen molar-refractivity contribution >= 4 is 15.9 Å². The molecule has 0 aliphatic carbocycles. The highest BCUT2D eigenvalue weighted by atomic mass is 79.9. The fraction of sp³-hybridized carbons (Fsp3) is 0.100. The van der Waals surface area contributed by atoms with Gasteiger partial charge in [0.2, 0.25) is 5.88 Å². The average Bonchev–Trinajstić information content (AvgIpc) is 2.41. The van der Waals surface area contributed by atoms with Crippen LogP contribution >= 0.6 is 15.9 Å². The number of aromatic hydroxyl groups is 1. The molecule has 2 aromatic rings. The molecule has 0 saturated heterocycles. The second-order valence-corrected chi connectivity index (χ2v) is 4.12. The molecular weight excluding hydrogens is 260 g/mol. The van der Waals surface area contributed by atoms with E-state index < -0.39 is 0 Å². The Labute approximate surface area is 94.3 Å². The first-order valence-electron chi connectivity index (χ1n) is 4.33. The van der Waals surface area contributed by atoms with Crippen LogP contribution in [0.1, 0.15) is 0 Å². The van der Waals surface area contributed by atoms with E-state index in [1.165, 1.54) is 4.68 Å². The minimum atomic E-state index is -0.298. The summed E-state index contributed by atoms with van der Waals surface area (Å²) in [6.45, 7) is 0. The fourth-order valence-electron chi connectivity index (χ4n) is 1.43. The second-order valence-electron chi connectivity index (χ2n) is 3.21. The number of aromatic nitrogens is 2. The van der Waals surface area contributed by atoms with Gasteiger partial charge in [-0.1, -0.05) is 28.1 Å². The number of aromatic amines is 1. The molecule has 1 aromatic carbocycles. The van der Waals surface area contributed by atoms with E-state index in [1.54, 1.807) is 19.2 Å². The third kappa shape index (κ3) is 1.70. The number of benzene rings is 1. The maximum Gasteiger partial charge on any atom is 0.275 e. The van der Waals surface area contributed by atoms with E-state index in [-0.39, 0.29) is 11.4 Å². The second kappa shape index (κ2) is 3.58. The van der Waals surface area contributed by atoms with Crippen molar-refractivity contribution in [2.45, 2.75) is 0 Å². The Kier molecular flexibility index (Phi) is 2.40. The molecule has 0 spiro atoms. The SMILES string of the molecule is Cn1[nH]c(=O)c(-c2cccc(Br)c2)c1O. The summed E-state index contributed by atoms with van der Waals surface area (Å²) < 4.78 is 2.15. The van der Waals surface area contributed by atoms with E-state index in [0.29, 0.717) is 11.1 Å². The molecule has 0 aliphatic rings. The van der Waals surface area contributed by atoms with Crippen LogP contribution in [0.2, 0.25) is 0 Å². The van der Waals surface area contributed by atoms with Crippen LogP contribution in [0, 0.1) is 0 Å². The summed E-state index contributed by atoms with van der Waals surface area (Å²) in [6.07, 6.45) is 0. The zero-order valence-corrected chi connectivity index (χ0v) is 9.58. The number of rotatable bonds is 1. The lowest BCUT2D eigenvalue weighted by Crippen LogP contribution is -2.03. The maximum absolute atomic E-state index is 11.5. The van der Waals surface area contributed by atoms with Gasteiger partial charge in [-0.15, -0.1) is 0 Å². The average molecular weight is 269 g/mol. The molecule has 0 bridgehead atoms. The van der Waals surface area contributed by atoms with Gasteiger partial charge in [0, 0.05) is 11.5 Å². The fourth-order valence-corrected chi connectivity index (χ4v) is 1.83. The molecule has 0 atom stereocenters. The van der Waals surface area contributed by atoms with Crippen molar-refractivity contribution in [2.24, 2.45) is 7.05 Å². The Morgan fingerprint density at radius 1 is 1.47 bits per heavy atom. The zero-order valence-electron chi connectivity index (χ0n) is 7.99. The Morgan fingerprint density at radius 3 is 2.73 bits per heavy atom. The van der Waals surface area contributed by atoms with Crippen molar-refractivity contribution in [1.29, 1.82) is 0 Å². The van der Waals surface area contributed by atoms with Crippen LogP contribution in [-0.4, -0.2) is 14.9 Å². The van der Waals surface area contributed by atoms with Gasteiger partial charge in [-0.25, -0.2) is 0 Å². The smallest absolute Gasteiger partial charge is 0.275 e. The van der Waals surface area contributed by atoms with Gasteiger partial charge in [-0.3, -0.25) is 14.6 Å². The van der Waals surface area contributed by atoms with Crippen LogP contribution in [0.5, 0.6) is 5.88 Å². The minimum absolute atomic E-state index is 0.0573. The zero-order chi connectivity index (χ0) is 11.0. The number of hydrogen-bond acceptors (Lipinski definition) is 2. The quantitative estimate of drug-likeness (QED) is 0.830. The van der Waals surface area contributed by atoms with Crippen LogP contribution in [0.3, 0.4) is 0 Å². The molecule has 0 saturated carbocycles. The van der Waals surface area contributed by atoms with Crippen molar-refractivity contribution in [1.82, 2.24) is 9.78 Å². The van der Waals surface area contributed by atoms with E-state index in [9.17, 15) is 9.90 Å². The highest BCUT2D eigenvalue weighted by Crippen LogP contribution is 2.26. The van der Waals surface area contributed by atoms with Crippen molar-refractivity contribution in [2.75, 3.05) is 0 Å². The molecule has 0 aliphatic heterocycles. The van der Waals surface area contributed by atoms with Crippen LogP contribution in [0.4, 0.5) is 0 Å². The van der Waals surface area contributed by atoms with Crippen molar-refractivity contribution in [3.05, 3.63) is 39.1 Å². The monoisotopic (exact) mass is 268 g/mol. The minimum Gasteiger partial charge on any atom is -0.493 e. The van der Waals surface area contributed by atoms with Gasteiger partial charge >= 0.3 is 0 Å². The van der Waals surface area contributed by atoms with E-state index in [4.69, 9.17) is 0 Å². The third-order valence-electron chi connectivity index (χ3n) is 2.15. The number of nitrogens with zero attached hydrogens (tertiary/aromatic N) is 1. The molecule has 15 heavy (non-hydrogen) atoms. The van der Waals surface area contributed by atoms with E-state index in [1.807, 2.05) is 12.1 Å². The lowest BCUT2D eigenvalue weighted by atomic mass is 10.1. The topological polar surface area (TPSA) is 58.0 Å². The standard InChI is InChI=1S/C10H9BrN2O2/c1-13-10(15)8(9(14)12-13)6-3-2-4-7(11)5-6/h2-5,15H,1H3,(H,12,14). The molecule has 1 heterocycles. The first-order valence-corrected chi connectivity index (χ1v) is 5.13. The number of aryl methyl sites for hydroxylation is 1. The van der Waals surface area contributed by atoms with Gasteiger partial charge in [-0.05, 0) is 17.7 Å². The number of halogens is 1. The Bertz CT molecular complexity index is 557. The molecule has 5 heteroatoms. The normalized spacial score (nSPS) is 10.5. The van der Waals surface area contributed by atoms with Gasteiger partial charge in [-0.2, -0.15) is 0 Å². The van der Waals surface area contributed by atoms with Crippen LogP contribution in [0.25, 0.3) is 11.1 Å². The summed E-state index contributed by atoms with van der Waals surface area (Å²) in [5, 5.41) is 12.2. The van der Waals surface area contributed by atoms with Crippen molar-refractivity contribution in [3.8, 4) is 17.0 Å². The molecule has 0 unspecified atom stereocenters. The molecule has 4 nitrogen and oxygen atoms in total. The Balaban J connectivity index is 2.69. The highest BCUT2D eigenvalue weighted by molar-refractivity contribution is 9.10. The summed E-state index contributed by atoms with van der Waals surface area (Å²) in [4.78, 5) is 11.5. The largest absolute Gasteiger partial charge is 0.493 e. The molecule has 0 amide bonds. The Hall–Kier alpha value is -1.49. The number of nitrogens with one attached hydrogen (secondary N) is 1. The lowest BCUT2D eigenvalue weighted by molar-refractivity contribution is 0.420. The first kappa shape index (κ1) is 10.0. The molecule has 2 N–H and O–H groups in total. The summed E-state index contributed by atoms with van der Waals surface area (Å²) in [6, 6.07) is 7.22. The van der Waals surface area contributed by atoms with Gasteiger partial charge in [0.25, 0.3) is 5.56 Å². The van der Waals surface area contributed by atoms with Crippen LogP contribution in [0.15, 0.2) is 33.5 Å². The maximum atomic E-state index is 11.5. The first-order chi connectivity index (χ1) is 7.09. The summed E-state index contributed by atoms with van der Waals surface area (Å²) in [7, 11) is 1.58. The van der Waals surface area contributed by atoms with Gasteiger partial charge in [0.05, 0.1) is 0 Å². The molecule has 0 fully saturated rings. The number of H-pyrrole nitrogens is 1. The van der Waals surface area contributed by atoms with Crippen LogP contribution in [-0.2, 0) is 7.05 Å². The summed E-state index contributed by atoms with van der Waals surface area (Å²) >= 11 is 3.31.